The molecule has 1 heterocycles. The highest BCUT2D eigenvalue weighted by Crippen LogP contribution is 2.31. The molecule has 0 spiro atoms. The predicted octanol–water partition coefficient (Wildman–Crippen LogP) is 5.16. The van der Waals surface area contributed by atoms with Crippen molar-refractivity contribution in [2.24, 2.45) is 0 Å². The maximum absolute atomic E-state index is 12.5. The first-order chi connectivity index (χ1) is 13.4. The summed E-state index contributed by atoms with van der Waals surface area (Å²) in [7, 11) is 0. The van der Waals surface area contributed by atoms with E-state index in [-0.39, 0.29) is 22.9 Å². The van der Waals surface area contributed by atoms with Crippen molar-refractivity contribution in [3.63, 3.8) is 0 Å². The van der Waals surface area contributed by atoms with E-state index < -0.39 is 11.9 Å². The fourth-order valence-corrected chi connectivity index (χ4v) is 2.98. The minimum atomic E-state index is -1.01. The summed E-state index contributed by atoms with van der Waals surface area (Å²) in [6.07, 6.45) is 0. The van der Waals surface area contributed by atoms with Gasteiger partial charge in [-0.1, -0.05) is 47.5 Å². The zero-order valence-electron chi connectivity index (χ0n) is 14.8. The van der Waals surface area contributed by atoms with E-state index in [2.05, 4.69) is 10.3 Å². The number of H-pyrrole nitrogens is 1. The van der Waals surface area contributed by atoms with E-state index in [0.717, 1.165) is 0 Å². The van der Waals surface area contributed by atoms with E-state index in [1.54, 1.807) is 43.3 Å². The fraction of sp³-hybridized carbons (Fsp3) is 0.100. The molecule has 0 saturated carbocycles. The molecule has 0 aliphatic carbocycles. The molecule has 28 heavy (non-hydrogen) atoms. The van der Waals surface area contributed by atoms with Crippen molar-refractivity contribution in [2.45, 2.75) is 13.5 Å². The lowest BCUT2D eigenvalue weighted by Crippen LogP contribution is -2.14. The van der Waals surface area contributed by atoms with Crippen LogP contribution in [-0.4, -0.2) is 22.0 Å². The second kappa shape index (κ2) is 8.37. The van der Waals surface area contributed by atoms with Crippen LogP contribution >= 0.6 is 23.2 Å². The van der Waals surface area contributed by atoms with E-state index >= 15 is 0 Å². The van der Waals surface area contributed by atoms with Crippen LogP contribution in [0.5, 0.6) is 5.75 Å². The molecule has 0 fully saturated rings. The molecule has 3 rings (SSSR count). The normalized spacial score (nSPS) is 10.5. The number of carboxylic acids is 1. The number of anilines is 1. The SMILES string of the molecule is Cc1[nH]c(C(=O)Nc2ccccc2OCc2cccc(C(=O)O)c2)c(Cl)c1Cl. The first-order valence-corrected chi connectivity index (χ1v) is 9.01. The van der Waals surface area contributed by atoms with Crippen molar-refractivity contribution in [1.29, 1.82) is 0 Å². The van der Waals surface area contributed by atoms with Crippen LogP contribution in [0.4, 0.5) is 5.69 Å². The number of amides is 1. The number of carbonyl (C=O) groups excluding carboxylic acids is 1. The lowest BCUT2D eigenvalue weighted by Gasteiger charge is -2.12. The number of rotatable bonds is 6. The molecule has 8 heteroatoms. The number of benzene rings is 2. The number of aromatic carboxylic acids is 1. The van der Waals surface area contributed by atoms with E-state index in [1.165, 1.54) is 12.1 Å². The smallest absolute Gasteiger partial charge is 0.335 e. The number of ether oxygens (including phenoxy) is 1. The van der Waals surface area contributed by atoms with Crippen molar-refractivity contribution in [1.82, 2.24) is 4.98 Å². The topological polar surface area (TPSA) is 91.4 Å². The van der Waals surface area contributed by atoms with Gasteiger partial charge in [0.2, 0.25) is 0 Å². The molecule has 0 bridgehead atoms. The molecule has 0 aliphatic heterocycles. The van der Waals surface area contributed by atoms with Gasteiger partial charge in [-0.2, -0.15) is 0 Å². The lowest BCUT2D eigenvalue weighted by molar-refractivity contribution is 0.0696. The summed E-state index contributed by atoms with van der Waals surface area (Å²) < 4.78 is 5.78. The second-order valence-electron chi connectivity index (χ2n) is 6.00. The van der Waals surface area contributed by atoms with Crippen molar-refractivity contribution >= 4 is 40.8 Å². The molecule has 0 radical (unpaired) electrons. The largest absolute Gasteiger partial charge is 0.487 e. The van der Waals surface area contributed by atoms with Gasteiger partial charge in [0, 0.05) is 5.69 Å². The number of carbonyl (C=O) groups is 2. The van der Waals surface area contributed by atoms with Crippen LogP contribution in [0.25, 0.3) is 0 Å². The first kappa shape index (κ1) is 19.8. The molecule has 2 aromatic carbocycles. The molecular formula is C20H16Cl2N2O4. The maximum atomic E-state index is 12.5. The van der Waals surface area contributed by atoms with Gasteiger partial charge >= 0.3 is 5.97 Å². The van der Waals surface area contributed by atoms with Gasteiger partial charge in [-0.15, -0.1) is 0 Å². The van der Waals surface area contributed by atoms with Crippen LogP contribution in [0.1, 0.15) is 32.1 Å². The summed E-state index contributed by atoms with van der Waals surface area (Å²) in [4.78, 5) is 26.5. The molecule has 0 unspecified atom stereocenters. The van der Waals surface area contributed by atoms with Crippen molar-refractivity contribution in [2.75, 3.05) is 5.32 Å². The number of halogens is 2. The average molecular weight is 419 g/mol. The maximum Gasteiger partial charge on any atom is 0.335 e. The number of nitrogens with one attached hydrogen (secondary N) is 2. The molecule has 0 atom stereocenters. The highest BCUT2D eigenvalue weighted by molar-refractivity contribution is 6.44. The van der Waals surface area contributed by atoms with Crippen LogP contribution in [0.3, 0.4) is 0 Å². The highest BCUT2D eigenvalue weighted by atomic mass is 35.5. The molecule has 144 valence electrons. The van der Waals surface area contributed by atoms with Crippen molar-refractivity contribution in [3.05, 3.63) is 81.1 Å². The number of aromatic nitrogens is 1. The Morgan fingerprint density at radius 1 is 1.11 bits per heavy atom. The molecule has 1 amide bonds. The van der Waals surface area contributed by atoms with Crippen LogP contribution in [0.15, 0.2) is 48.5 Å². The van der Waals surface area contributed by atoms with Crippen LogP contribution < -0.4 is 10.1 Å². The van der Waals surface area contributed by atoms with Gasteiger partial charge in [-0.3, -0.25) is 4.79 Å². The Hall–Kier alpha value is -2.96. The number of aromatic amines is 1. The quantitative estimate of drug-likeness (QED) is 0.515. The molecule has 0 saturated heterocycles. The summed E-state index contributed by atoms with van der Waals surface area (Å²) in [5.41, 5.74) is 2.07. The number of hydrogen-bond acceptors (Lipinski definition) is 3. The molecule has 6 nitrogen and oxygen atoms in total. The number of aryl methyl sites for hydroxylation is 1. The Bertz CT molecular complexity index is 1050. The molecular weight excluding hydrogens is 403 g/mol. The van der Waals surface area contributed by atoms with E-state index in [0.29, 0.717) is 27.7 Å². The van der Waals surface area contributed by atoms with E-state index in [1.807, 2.05) is 0 Å². The Labute approximate surface area is 171 Å². The number of carboxylic acid groups (broad SMARTS) is 1. The van der Waals surface area contributed by atoms with Crippen molar-refractivity contribution < 1.29 is 19.4 Å². The average Bonchev–Trinajstić information content (AvgIpc) is 2.95. The van der Waals surface area contributed by atoms with Gasteiger partial charge in [0.05, 0.1) is 21.3 Å². The monoisotopic (exact) mass is 418 g/mol. The van der Waals surface area contributed by atoms with E-state index in [9.17, 15) is 9.59 Å². The standard InChI is InChI=1S/C20H16Cl2N2O4/c1-11-16(21)17(22)18(23-11)19(25)24-14-7-2-3-8-15(14)28-10-12-5-4-6-13(9-12)20(26)27/h2-9,23H,10H2,1H3,(H,24,25)(H,26,27). The predicted molar refractivity (Wildman–Crippen MR) is 108 cm³/mol. The van der Waals surface area contributed by atoms with E-state index in [4.69, 9.17) is 33.0 Å². The van der Waals surface area contributed by atoms with Crippen LogP contribution in [-0.2, 0) is 6.61 Å². The fourth-order valence-electron chi connectivity index (χ4n) is 2.56. The molecule has 3 N–H and O–H groups in total. The summed E-state index contributed by atoms with van der Waals surface area (Å²) in [6, 6.07) is 13.4. The van der Waals surface area contributed by atoms with Crippen LogP contribution in [0.2, 0.25) is 10.0 Å². The minimum absolute atomic E-state index is 0.141. The third-order valence-corrected chi connectivity index (χ3v) is 4.93. The van der Waals surface area contributed by atoms with Gasteiger partial charge in [0.15, 0.2) is 0 Å². The first-order valence-electron chi connectivity index (χ1n) is 8.25. The Kier molecular flexibility index (Phi) is 5.92. The summed E-state index contributed by atoms with van der Waals surface area (Å²) in [5, 5.41) is 12.3. The number of hydrogen-bond donors (Lipinski definition) is 3. The lowest BCUT2D eigenvalue weighted by atomic mass is 10.1. The molecule has 1 aromatic heterocycles. The van der Waals surface area contributed by atoms with Crippen LogP contribution in [0, 0.1) is 6.92 Å². The van der Waals surface area contributed by atoms with Gasteiger partial charge < -0.3 is 20.1 Å². The zero-order valence-corrected chi connectivity index (χ0v) is 16.3. The zero-order chi connectivity index (χ0) is 20.3. The molecule has 0 aliphatic rings. The minimum Gasteiger partial charge on any atom is -0.487 e. The van der Waals surface area contributed by atoms with Gasteiger partial charge in [-0.05, 0) is 36.8 Å². The summed E-state index contributed by atoms with van der Waals surface area (Å²) in [6.45, 7) is 1.86. The second-order valence-corrected chi connectivity index (χ2v) is 6.75. The highest BCUT2D eigenvalue weighted by Gasteiger charge is 2.19. The molecule has 3 aromatic rings. The third-order valence-electron chi connectivity index (χ3n) is 3.98. The van der Waals surface area contributed by atoms with Gasteiger partial charge in [0.25, 0.3) is 5.91 Å². The summed E-state index contributed by atoms with van der Waals surface area (Å²) >= 11 is 12.1. The van der Waals surface area contributed by atoms with Gasteiger partial charge in [0.1, 0.15) is 18.1 Å². The van der Waals surface area contributed by atoms with Gasteiger partial charge in [-0.25, -0.2) is 4.79 Å². The summed E-state index contributed by atoms with van der Waals surface area (Å²) in [5.74, 6) is -1.03. The Balaban J connectivity index is 1.76. The Morgan fingerprint density at radius 3 is 2.54 bits per heavy atom. The Morgan fingerprint density at radius 2 is 1.86 bits per heavy atom. The van der Waals surface area contributed by atoms with Crippen molar-refractivity contribution in [3.8, 4) is 5.75 Å². The third kappa shape index (κ3) is 4.30. The number of para-hydroxylation sites is 2.